The third-order valence-corrected chi connectivity index (χ3v) is 6.62. The van der Waals surface area contributed by atoms with Gasteiger partial charge in [-0.15, -0.1) is 0 Å². The number of hydrogen-bond acceptors (Lipinski definition) is 6. The summed E-state index contributed by atoms with van der Waals surface area (Å²) in [6.07, 6.45) is 0.674. The highest BCUT2D eigenvalue weighted by molar-refractivity contribution is 7.89. The molecule has 1 amide bonds. The molecule has 0 unspecified atom stereocenters. The van der Waals surface area contributed by atoms with E-state index in [2.05, 4.69) is 18.8 Å². The minimum Gasteiger partial charge on any atom is -0.354 e. The van der Waals surface area contributed by atoms with E-state index in [4.69, 9.17) is 0 Å². The van der Waals surface area contributed by atoms with Crippen LogP contribution < -0.4 is 10.0 Å². The SMILES string of the molecule is Cc1ccc(CCNC(=O)[C@@H](NS(=O)(=O)c2cccc3nsnc23)C(C)C)cc1. The molecule has 3 aromatic rings. The predicted octanol–water partition coefficient (Wildman–Crippen LogP) is 2.66. The summed E-state index contributed by atoms with van der Waals surface area (Å²) < 4.78 is 36.6. The first kappa shape index (κ1) is 21.4. The van der Waals surface area contributed by atoms with Gasteiger partial charge in [0.05, 0.1) is 11.7 Å². The molecule has 3 rings (SSSR count). The lowest BCUT2D eigenvalue weighted by Crippen LogP contribution is -2.50. The molecule has 0 radical (unpaired) electrons. The number of hydrogen-bond donors (Lipinski definition) is 2. The van der Waals surface area contributed by atoms with Crippen molar-refractivity contribution in [3.8, 4) is 0 Å². The van der Waals surface area contributed by atoms with Crippen LogP contribution in [0.15, 0.2) is 47.4 Å². The second kappa shape index (κ2) is 8.98. The Labute approximate surface area is 174 Å². The van der Waals surface area contributed by atoms with Crippen LogP contribution in [0.5, 0.6) is 0 Å². The van der Waals surface area contributed by atoms with Crippen LogP contribution in [-0.4, -0.2) is 35.7 Å². The topological polar surface area (TPSA) is 101 Å². The number of sulfonamides is 1. The number of nitrogens with one attached hydrogen (secondary N) is 2. The van der Waals surface area contributed by atoms with Crippen LogP contribution in [0, 0.1) is 12.8 Å². The molecule has 0 bridgehead atoms. The first-order valence-electron chi connectivity index (χ1n) is 9.35. The molecule has 154 valence electrons. The van der Waals surface area contributed by atoms with Crippen LogP contribution in [0.25, 0.3) is 11.0 Å². The highest BCUT2D eigenvalue weighted by Crippen LogP contribution is 2.21. The van der Waals surface area contributed by atoms with Crippen LogP contribution in [0.1, 0.15) is 25.0 Å². The molecular formula is C20H24N4O3S2. The molecule has 0 aliphatic carbocycles. The van der Waals surface area contributed by atoms with E-state index in [1.54, 1.807) is 26.0 Å². The monoisotopic (exact) mass is 432 g/mol. The molecule has 1 heterocycles. The molecule has 2 aromatic carbocycles. The van der Waals surface area contributed by atoms with Crippen molar-refractivity contribution in [1.29, 1.82) is 0 Å². The van der Waals surface area contributed by atoms with E-state index in [0.29, 0.717) is 24.0 Å². The molecule has 7 nitrogen and oxygen atoms in total. The van der Waals surface area contributed by atoms with E-state index in [0.717, 1.165) is 17.3 Å². The normalized spacial score (nSPS) is 13.0. The summed E-state index contributed by atoms with van der Waals surface area (Å²) in [6, 6.07) is 12.0. The van der Waals surface area contributed by atoms with Gasteiger partial charge >= 0.3 is 0 Å². The fourth-order valence-corrected chi connectivity index (χ4v) is 5.03. The van der Waals surface area contributed by atoms with Crippen molar-refractivity contribution < 1.29 is 13.2 Å². The molecule has 0 aliphatic rings. The van der Waals surface area contributed by atoms with Gasteiger partial charge in [0.1, 0.15) is 22.0 Å². The van der Waals surface area contributed by atoms with Crippen molar-refractivity contribution in [2.45, 2.75) is 38.1 Å². The summed E-state index contributed by atoms with van der Waals surface area (Å²) in [5.74, 6) is -0.573. The van der Waals surface area contributed by atoms with Crippen molar-refractivity contribution >= 4 is 38.7 Å². The summed E-state index contributed by atoms with van der Waals surface area (Å²) in [7, 11) is -3.93. The fraction of sp³-hybridized carbons (Fsp3) is 0.350. The average molecular weight is 433 g/mol. The summed E-state index contributed by atoms with van der Waals surface area (Å²) in [5.41, 5.74) is 3.12. The molecule has 0 saturated carbocycles. The molecule has 29 heavy (non-hydrogen) atoms. The van der Waals surface area contributed by atoms with Gasteiger partial charge in [-0.1, -0.05) is 49.7 Å². The van der Waals surface area contributed by atoms with Gasteiger partial charge in [0.2, 0.25) is 15.9 Å². The van der Waals surface area contributed by atoms with Gasteiger partial charge in [0, 0.05) is 6.54 Å². The van der Waals surface area contributed by atoms with Gasteiger partial charge < -0.3 is 5.32 Å². The minimum atomic E-state index is -3.93. The second-order valence-electron chi connectivity index (χ2n) is 7.26. The van der Waals surface area contributed by atoms with Crippen LogP contribution in [0.2, 0.25) is 0 Å². The molecule has 1 aromatic heterocycles. The van der Waals surface area contributed by atoms with Gasteiger partial charge in [-0.3, -0.25) is 4.79 Å². The summed E-state index contributed by atoms with van der Waals surface area (Å²) >= 11 is 0.953. The summed E-state index contributed by atoms with van der Waals surface area (Å²) in [5, 5.41) is 2.84. The van der Waals surface area contributed by atoms with Gasteiger partial charge in [-0.25, -0.2) is 8.42 Å². The van der Waals surface area contributed by atoms with E-state index in [9.17, 15) is 13.2 Å². The van der Waals surface area contributed by atoms with E-state index < -0.39 is 16.1 Å². The number of nitrogens with zero attached hydrogens (tertiary/aromatic N) is 2. The number of rotatable bonds is 8. The molecule has 2 N–H and O–H groups in total. The second-order valence-corrected chi connectivity index (χ2v) is 9.47. The van der Waals surface area contributed by atoms with Crippen LogP contribution in [0.4, 0.5) is 0 Å². The van der Waals surface area contributed by atoms with Gasteiger partial charge in [0.15, 0.2) is 0 Å². The minimum absolute atomic E-state index is 0.0295. The molecule has 0 spiro atoms. The van der Waals surface area contributed by atoms with E-state index in [1.807, 2.05) is 31.2 Å². The average Bonchev–Trinajstić information content (AvgIpc) is 3.16. The molecule has 9 heteroatoms. The Morgan fingerprint density at radius 3 is 2.52 bits per heavy atom. The molecule has 1 atom stereocenters. The number of carbonyl (C=O) groups is 1. The van der Waals surface area contributed by atoms with E-state index >= 15 is 0 Å². The van der Waals surface area contributed by atoms with Gasteiger partial charge in [-0.05, 0) is 37.0 Å². The van der Waals surface area contributed by atoms with Crippen LogP contribution in [-0.2, 0) is 21.2 Å². The smallest absolute Gasteiger partial charge is 0.243 e. The number of carbonyl (C=O) groups excluding carboxylic acids is 1. The highest BCUT2D eigenvalue weighted by Gasteiger charge is 2.29. The number of amides is 1. The lowest BCUT2D eigenvalue weighted by Gasteiger charge is -2.21. The Kier molecular flexibility index (Phi) is 6.61. The van der Waals surface area contributed by atoms with Crippen molar-refractivity contribution in [2.75, 3.05) is 6.54 Å². The van der Waals surface area contributed by atoms with Crippen molar-refractivity contribution in [1.82, 2.24) is 18.8 Å². The van der Waals surface area contributed by atoms with Gasteiger partial charge in [-0.2, -0.15) is 13.5 Å². The lowest BCUT2D eigenvalue weighted by molar-refractivity contribution is -0.123. The zero-order chi connectivity index (χ0) is 21.0. The predicted molar refractivity (Wildman–Crippen MR) is 114 cm³/mol. The number of aryl methyl sites for hydroxylation is 1. The van der Waals surface area contributed by atoms with Crippen LogP contribution in [0.3, 0.4) is 0 Å². The summed E-state index contributed by atoms with van der Waals surface area (Å²) in [4.78, 5) is 12.7. The zero-order valence-corrected chi connectivity index (χ0v) is 18.2. The van der Waals surface area contributed by atoms with Gasteiger partial charge in [0.25, 0.3) is 0 Å². The molecule has 0 aliphatic heterocycles. The third-order valence-electron chi connectivity index (χ3n) is 4.60. The maximum Gasteiger partial charge on any atom is 0.243 e. The first-order chi connectivity index (χ1) is 13.8. The third kappa shape index (κ3) is 5.17. The Morgan fingerprint density at radius 2 is 1.83 bits per heavy atom. The molecule has 0 saturated heterocycles. The van der Waals surface area contributed by atoms with Crippen LogP contribution >= 0.6 is 11.7 Å². The Morgan fingerprint density at radius 1 is 1.10 bits per heavy atom. The molecule has 0 fully saturated rings. The maximum absolute atomic E-state index is 12.9. The Balaban J connectivity index is 1.69. The zero-order valence-electron chi connectivity index (χ0n) is 16.5. The Hall–Kier alpha value is -2.36. The lowest BCUT2D eigenvalue weighted by atomic mass is 10.0. The van der Waals surface area contributed by atoms with E-state index in [-0.39, 0.29) is 16.7 Å². The largest absolute Gasteiger partial charge is 0.354 e. The van der Waals surface area contributed by atoms with Crippen molar-refractivity contribution in [3.63, 3.8) is 0 Å². The molecular weight excluding hydrogens is 408 g/mol. The standard InChI is InChI=1S/C20H24N4O3S2/c1-13(2)18(20(25)21-12-11-15-9-7-14(3)8-10-15)24-29(26,27)17-6-4-5-16-19(17)23-28-22-16/h4-10,13,18,24H,11-12H2,1-3H3,(H,21,25)/t18-/m0/s1. The highest BCUT2D eigenvalue weighted by atomic mass is 32.2. The van der Waals surface area contributed by atoms with Crippen molar-refractivity contribution in [2.24, 2.45) is 5.92 Å². The van der Waals surface area contributed by atoms with Crippen molar-refractivity contribution in [3.05, 3.63) is 53.6 Å². The number of benzene rings is 2. The summed E-state index contributed by atoms with van der Waals surface area (Å²) in [6.45, 7) is 6.06. The van der Waals surface area contributed by atoms with E-state index in [1.165, 1.54) is 11.6 Å². The maximum atomic E-state index is 12.9. The first-order valence-corrected chi connectivity index (χ1v) is 11.6. The Bertz CT molecular complexity index is 1090. The number of aromatic nitrogens is 2. The quantitative estimate of drug-likeness (QED) is 0.570. The number of fused-ring (bicyclic) bond motifs is 1. The fourth-order valence-electron chi connectivity index (χ4n) is 2.92.